The van der Waals surface area contributed by atoms with E-state index in [9.17, 15) is 4.79 Å². The monoisotopic (exact) mass is 330 g/mol. The van der Waals surface area contributed by atoms with E-state index in [1.807, 2.05) is 67.6 Å². The highest BCUT2D eigenvalue weighted by atomic mass is 16.2. The number of carbonyl (C=O) groups is 1. The largest absolute Gasteiger partial charge is 0.385 e. The standard InChI is InChI=1S/C20H18N4O/c1-13-7-8-15-11-16(9-10-17(15)22-13)18-19(21)23-20(25)24(18)12-14-5-3-2-4-6-14/h2-11,18H,12H2,1H3,(H2,21,23,25). The van der Waals surface area contributed by atoms with Crippen LogP contribution < -0.4 is 5.73 Å². The fraction of sp³-hybridized carbons (Fsp3) is 0.150. The third-order valence-electron chi connectivity index (χ3n) is 4.43. The molecule has 0 fully saturated rings. The first kappa shape index (κ1) is 15.3. The van der Waals surface area contributed by atoms with E-state index < -0.39 is 0 Å². The highest BCUT2D eigenvalue weighted by Gasteiger charge is 2.34. The first-order chi connectivity index (χ1) is 12.1. The summed E-state index contributed by atoms with van der Waals surface area (Å²) in [6.45, 7) is 2.44. The Bertz CT molecular complexity index is 981. The van der Waals surface area contributed by atoms with Gasteiger partial charge in [0.2, 0.25) is 0 Å². The molecule has 0 aliphatic carbocycles. The summed E-state index contributed by atoms with van der Waals surface area (Å²) in [6.07, 6.45) is 0. The zero-order valence-electron chi connectivity index (χ0n) is 13.9. The average Bonchev–Trinajstić information content (AvgIpc) is 2.89. The van der Waals surface area contributed by atoms with Crippen LogP contribution in [0.4, 0.5) is 4.79 Å². The summed E-state index contributed by atoms with van der Waals surface area (Å²) in [5, 5.41) is 1.02. The number of aliphatic imine (C=N–C) groups is 1. The molecule has 5 nitrogen and oxygen atoms in total. The van der Waals surface area contributed by atoms with E-state index in [0.29, 0.717) is 12.4 Å². The van der Waals surface area contributed by atoms with Crippen LogP contribution in [0, 0.1) is 6.92 Å². The highest BCUT2D eigenvalue weighted by molar-refractivity contribution is 6.03. The highest BCUT2D eigenvalue weighted by Crippen LogP contribution is 2.30. The van der Waals surface area contributed by atoms with E-state index in [1.54, 1.807) is 4.90 Å². The number of fused-ring (bicyclic) bond motifs is 1. The van der Waals surface area contributed by atoms with Gasteiger partial charge in [-0.2, -0.15) is 4.99 Å². The zero-order valence-corrected chi connectivity index (χ0v) is 13.9. The van der Waals surface area contributed by atoms with Crippen LogP contribution in [0.15, 0.2) is 65.7 Å². The van der Waals surface area contributed by atoms with Crippen molar-refractivity contribution in [2.45, 2.75) is 19.5 Å². The summed E-state index contributed by atoms with van der Waals surface area (Å²) in [5.74, 6) is 0.334. The molecule has 1 aliphatic rings. The van der Waals surface area contributed by atoms with E-state index in [2.05, 4.69) is 9.98 Å². The molecule has 1 aromatic heterocycles. The molecule has 0 radical (unpaired) electrons. The lowest BCUT2D eigenvalue weighted by Crippen LogP contribution is -2.32. The lowest BCUT2D eigenvalue weighted by Gasteiger charge is -2.25. The summed E-state index contributed by atoms with van der Waals surface area (Å²) in [5.41, 5.74) is 9.98. The lowest BCUT2D eigenvalue weighted by atomic mass is 10.0. The van der Waals surface area contributed by atoms with E-state index in [-0.39, 0.29) is 12.1 Å². The van der Waals surface area contributed by atoms with Gasteiger partial charge in [0, 0.05) is 17.6 Å². The van der Waals surface area contributed by atoms with Gasteiger partial charge >= 0.3 is 6.03 Å². The number of aromatic nitrogens is 1. The minimum absolute atomic E-state index is 0.298. The van der Waals surface area contributed by atoms with Gasteiger partial charge in [0.25, 0.3) is 0 Å². The Kier molecular flexibility index (Phi) is 3.69. The molecule has 2 N–H and O–H groups in total. The van der Waals surface area contributed by atoms with E-state index in [1.165, 1.54) is 0 Å². The lowest BCUT2D eigenvalue weighted by molar-refractivity contribution is 0.204. The van der Waals surface area contributed by atoms with Crippen LogP contribution in [0.3, 0.4) is 0 Å². The molecule has 25 heavy (non-hydrogen) atoms. The number of carbonyl (C=O) groups excluding carboxylic acids is 1. The van der Waals surface area contributed by atoms with Crippen molar-refractivity contribution in [3.8, 4) is 0 Å². The van der Waals surface area contributed by atoms with Crippen molar-refractivity contribution in [3.05, 3.63) is 77.5 Å². The van der Waals surface area contributed by atoms with Gasteiger partial charge in [-0.1, -0.05) is 42.5 Å². The molecular formula is C20H18N4O. The molecule has 2 amide bonds. The summed E-state index contributed by atoms with van der Waals surface area (Å²) < 4.78 is 0. The first-order valence-corrected chi connectivity index (χ1v) is 8.18. The van der Waals surface area contributed by atoms with Crippen LogP contribution >= 0.6 is 0 Å². The van der Waals surface area contributed by atoms with E-state index >= 15 is 0 Å². The van der Waals surface area contributed by atoms with Crippen LogP contribution in [0.1, 0.15) is 22.9 Å². The Morgan fingerprint density at radius 1 is 1.08 bits per heavy atom. The normalized spacial score (nSPS) is 17.2. The maximum atomic E-state index is 12.3. The van der Waals surface area contributed by atoms with Crippen LogP contribution in [0.25, 0.3) is 10.9 Å². The molecule has 0 saturated carbocycles. The van der Waals surface area contributed by atoms with Gasteiger partial charge in [-0.3, -0.25) is 4.98 Å². The van der Waals surface area contributed by atoms with Gasteiger partial charge in [0.15, 0.2) is 0 Å². The minimum atomic E-state index is -0.349. The van der Waals surface area contributed by atoms with Gasteiger partial charge in [-0.05, 0) is 36.2 Å². The summed E-state index contributed by atoms with van der Waals surface area (Å²) in [4.78, 5) is 22.5. The Morgan fingerprint density at radius 2 is 1.88 bits per heavy atom. The predicted octanol–water partition coefficient (Wildman–Crippen LogP) is 3.58. The Hall–Kier alpha value is -3.21. The maximum Gasteiger partial charge on any atom is 0.346 e. The Morgan fingerprint density at radius 3 is 2.68 bits per heavy atom. The molecule has 2 heterocycles. The molecule has 0 saturated heterocycles. The quantitative estimate of drug-likeness (QED) is 0.798. The van der Waals surface area contributed by atoms with E-state index in [4.69, 9.17) is 5.73 Å². The number of aryl methyl sites for hydroxylation is 1. The van der Waals surface area contributed by atoms with Crippen LogP contribution in [0.5, 0.6) is 0 Å². The molecule has 3 aromatic rings. The SMILES string of the molecule is Cc1ccc2cc(C3C(N)=NC(=O)N3Cc3ccccc3)ccc2n1. The van der Waals surface area contributed by atoms with Crippen LogP contribution in [-0.4, -0.2) is 21.8 Å². The van der Waals surface area contributed by atoms with Crippen molar-refractivity contribution < 1.29 is 4.79 Å². The third-order valence-corrected chi connectivity index (χ3v) is 4.43. The fourth-order valence-electron chi connectivity index (χ4n) is 3.21. The number of amidine groups is 1. The molecule has 1 unspecified atom stereocenters. The van der Waals surface area contributed by atoms with Crippen molar-refractivity contribution in [1.82, 2.24) is 9.88 Å². The topological polar surface area (TPSA) is 71.6 Å². The van der Waals surface area contributed by atoms with Crippen molar-refractivity contribution >= 4 is 22.8 Å². The number of benzene rings is 2. The third kappa shape index (κ3) is 2.85. The van der Waals surface area contributed by atoms with Gasteiger partial charge in [-0.15, -0.1) is 0 Å². The number of hydrogen-bond donors (Lipinski definition) is 1. The molecule has 0 spiro atoms. The average molecular weight is 330 g/mol. The second-order valence-corrected chi connectivity index (χ2v) is 6.24. The second kappa shape index (κ2) is 6.02. The first-order valence-electron chi connectivity index (χ1n) is 8.18. The number of pyridine rings is 1. The number of rotatable bonds is 3. The number of urea groups is 1. The van der Waals surface area contributed by atoms with Gasteiger partial charge in [0.05, 0.1) is 5.52 Å². The molecular weight excluding hydrogens is 312 g/mol. The van der Waals surface area contributed by atoms with Crippen molar-refractivity contribution in [2.75, 3.05) is 0 Å². The number of nitrogens with zero attached hydrogens (tertiary/aromatic N) is 3. The van der Waals surface area contributed by atoms with Crippen LogP contribution in [-0.2, 0) is 6.54 Å². The minimum Gasteiger partial charge on any atom is -0.385 e. The smallest absolute Gasteiger partial charge is 0.346 e. The maximum absolute atomic E-state index is 12.3. The number of nitrogens with two attached hydrogens (primary N) is 1. The van der Waals surface area contributed by atoms with Gasteiger partial charge in [0.1, 0.15) is 11.9 Å². The summed E-state index contributed by atoms with van der Waals surface area (Å²) in [7, 11) is 0. The molecule has 0 bridgehead atoms. The molecule has 1 aliphatic heterocycles. The number of hydrogen-bond acceptors (Lipinski definition) is 3. The van der Waals surface area contributed by atoms with E-state index in [0.717, 1.165) is 27.7 Å². The molecule has 1 atom stereocenters. The predicted molar refractivity (Wildman–Crippen MR) is 98.2 cm³/mol. The fourth-order valence-corrected chi connectivity index (χ4v) is 3.21. The number of amides is 2. The second-order valence-electron chi connectivity index (χ2n) is 6.24. The van der Waals surface area contributed by atoms with Crippen molar-refractivity contribution in [1.29, 1.82) is 0 Å². The molecule has 4 rings (SSSR count). The molecule has 5 heteroatoms. The van der Waals surface area contributed by atoms with Gasteiger partial charge < -0.3 is 10.6 Å². The Balaban J connectivity index is 1.72. The van der Waals surface area contributed by atoms with Gasteiger partial charge in [-0.25, -0.2) is 4.79 Å². The van der Waals surface area contributed by atoms with Crippen molar-refractivity contribution in [2.24, 2.45) is 10.7 Å². The summed E-state index contributed by atoms with van der Waals surface area (Å²) >= 11 is 0. The van der Waals surface area contributed by atoms with Crippen molar-refractivity contribution in [3.63, 3.8) is 0 Å². The van der Waals surface area contributed by atoms with Crippen LogP contribution in [0.2, 0.25) is 0 Å². The zero-order chi connectivity index (χ0) is 17.4. The molecule has 124 valence electrons. The summed E-state index contributed by atoms with van der Waals surface area (Å²) in [6, 6.07) is 19.2. The molecule has 2 aromatic carbocycles. The Labute approximate surface area is 145 Å².